The molecule has 1 aliphatic rings. The van der Waals surface area contributed by atoms with Gasteiger partial charge in [0.15, 0.2) is 5.96 Å². The van der Waals surface area contributed by atoms with Gasteiger partial charge in [-0.05, 0) is 18.6 Å². The number of hydrogen-bond donors (Lipinski definition) is 2. The van der Waals surface area contributed by atoms with Gasteiger partial charge in [-0.25, -0.2) is 4.98 Å². The molecular weight excluding hydrogens is 472 g/mol. The highest BCUT2D eigenvalue weighted by Crippen LogP contribution is 2.19. The van der Waals surface area contributed by atoms with Crippen LogP contribution in [-0.4, -0.2) is 65.7 Å². The third-order valence-corrected chi connectivity index (χ3v) is 4.33. The van der Waals surface area contributed by atoms with Crippen molar-refractivity contribution in [2.75, 3.05) is 33.2 Å². The zero-order valence-electron chi connectivity index (χ0n) is 15.0. The van der Waals surface area contributed by atoms with Gasteiger partial charge < -0.3 is 15.0 Å². The second-order valence-electron chi connectivity index (χ2n) is 6.43. The van der Waals surface area contributed by atoms with Crippen molar-refractivity contribution in [1.29, 1.82) is 0 Å². The maximum Gasteiger partial charge on any atom is 0.401 e. The summed E-state index contributed by atoms with van der Waals surface area (Å²) in [6, 6.07) is 5.81. The molecular formula is C17H24F3IN6. The molecule has 1 atom stereocenters. The van der Waals surface area contributed by atoms with Crippen LogP contribution in [0.25, 0.3) is 5.65 Å². The first kappa shape index (κ1) is 21.7. The van der Waals surface area contributed by atoms with Gasteiger partial charge >= 0.3 is 6.18 Å². The SMILES string of the molecule is CN=C(NCCc1cn2ccccc2n1)NC1CCN(CC(F)(F)F)C1.I. The molecule has 1 fully saturated rings. The summed E-state index contributed by atoms with van der Waals surface area (Å²) in [6.07, 6.45) is 1.19. The fourth-order valence-corrected chi connectivity index (χ4v) is 3.15. The number of hydrogen-bond acceptors (Lipinski definition) is 3. The average Bonchev–Trinajstić information content (AvgIpc) is 3.18. The molecule has 0 amide bonds. The Kier molecular flexibility index (Phi) is 7.71. The van der Waals surface area contributed by atoms with Gasteiger partial charge in [0, 0.05) is 51.5 Å². The molecule has 0 aromatic carbocycles. The van der Waals surface area contributed by atoms with Crippen LogP contribution in [0.15, 0.2) is 35.6 Å². The fraction of sp³-hybridized carbons (Fsp3) is 0.529. The molecule has 10 heteroatoms. The molecule has 0 bridgehead atoms. The molecule has 2 aromatic heterocycles. The lowest BCUT2D eigenvalue weighted by atomic mass is 10.3. The van der Waals surface area contributed by atoms with E-state index < -0.39 is 12.7 Å². The second kappa shape index (κ2) is 9.58. The number of nitrogens with zero attached hydrogens (tertiary/aromatic N) is 4. The Morgan fingerprint density at radius 3 is 2.89 bits per heavy atom. The van der Waals surface area contributed by atoms with Crippen molar-refractivity contribution in [3.8, 4) is 0 Å². The number of halogens is 4. The smallest absolute Gasteiger partial charge is 0.356 e. The highest BCUT2D eigenvalue weighted by atomic mass is 127. The number of alkyl halides is 3. The minimum absolute atomic E-state index is 0. The Morgan fingerprint density at radius 2 is 2.19 bits per heavy atom. The lowest BCUT2D eigenvalue weighted by Gasteiger charge is -2.19. The average molecular weight is 496 g/mol. The Morgan fingerprint density at radius 1 is 1.37 bits per heavy atom. The third kappa shape index (κ3) is 6.52. The van der Waals surface area contributed by atoms with Crippen molar-refractivity contribution in [1.82, 2.24) is 24.9 Å². The van der Waals surface area contributed by atoms with E-state index >= 15 is 0 Å². The van der Waals surface area contributed by atoms with Crippen LogP contribution in [0.5, 0.6) is 0 Å². The Labute approximate surface area is 173 Å². The number of imidazole rings is 1. The van der Waals surface area contributed by atoms with E-state index in [1.54, 1.807) is 7.05 Å². The van der Waals surface area contributed by atoms with Crippen LogP contribution in [0.1, 0.15) is 12.1 Å². The van der Waals surface area contributed by atoms with Crippen LogP contribution < -0.4 is 10.6 Å². The van der Waals surface area contributed by atoms with E-state index in [4.69, 9.17) is 0 Å². The number of aliphatic imine (C=N–C) groups is 1. The van der Waals surface area contributed by atoms with Crippen LogP contribution in [0.4, 0.5) is 13.2 Å². The fourth-order valence-electron chi connectivity index (χ4n) is 3.15. The van der Waals surface area contributed by atoms with Gasteiger partial charge in [-0.2, -0.15) is 13.2 Å². The molecule has 1 aliphatic heterocycles. The summed E-state index contributed by atoms with van der Waals surface area (Å²) in [5.74, 6) is 0.604. The van der Waals surface area contributed by atoms with Crippen LogP contribution in [-0.2, 0) is 6.42 Å². The molecule has 27 heavy (non-hydrogen) atoms. The zero-order valence-corrected chi connectivity index (χ0v) is 17.4. The molecule has 0 aliphatic carbocycles. The number of rotatable bonds is 5. The zero-order chi connectivity index (χ0) is 18.6. The van der Waals surface area contributed by atoms with Crippen LogP contribution >= 0.6 is 24.0 Å². The van der Waals surface area contributed by atoms with Crippen LogP contribution in [0.2, 0.25) is 0 Å². The molecule has 1 saturated heterocycles. The van der Waals surface area contributed by atoms with Crippen molar-refractivity contribution in [2.45, 2.75) is 25.1 Å². The third-order valence-electron chi connectivity index (χ3n) is 4.33. The molecule has 1 unspecified atom stereocenters. The standard InChI is InChI=1S/C17H23F3N6.HI/c1-21-16(24-14-6-9-25(10-14)12-17(18,19)20)22-7-5-13-11-26-8-3-2-4-15(26)23-13;/h2-4,8,11,14H,5-7,9-10,12H2,1H3,(H2,21,22,24);1H. The summed E-state index contributed by atoms with van der Waals surface area (Å²) >= 11 is 0. The predicted molar refractivity (Wildman–Crippen MR) is 110 cm³/mol. The quantitative estimate of drug-likeness (QED) is 0.379. The summed E-state index contributed by atoms with van der Waals surface area (Å²) in [6.45, 7) is 0.593. The number of aromatic nitrogens is 2. The van der Waals surface area contributed by atoms with E-state index in [1.807, 2.05) is 35.0 Å². The van der Waals surface area contributed by atoms with Crippen molar-refractivity contribution >= 4 is 35.6 Å². The van der Waals surface area contributed by atoms with Gasteiger partial charge in [-0.1, -0.05) is 6.07 Å². The number of likely N-dealkylation sites (tertiary alicyclic amines) is 1. The van der Waals surface area contributed by atoms with Gasteiger partial charge in [0.25, 0.3) is 0 Å². The largest absolute Gasteiger partial charge is 0.401 e. The van der Waals surface area contributed by atoms with E-state index in [0.717, 1.165) is 17.8 Å². The number of guanidine groups is 1. The first-order chi connectivity index (χ1) is 12.4. The predicted octanol–water partition coefficient (Wildman–Crippen LogP) is 2.30. The lowest BCUT2D eigenvalue weighted by Crippen LogP contribution is -2.45. The van der Waals surface area contributed by atoms with E-state index in [9.17, 15) is 13.2 Å². The molecule has 0 radical (unpaired) electrons. The van der Waals surface area contributed by atoms with E-state index in [1.165, 1.54) is 4.90 Å². The Bertz CT molecular complexity index is 727. The summed E-state index contributed by atoms with van der Waals surface area (Å²) < 4.78 is 39.4. The second-order valence-corrected chi connectivity index (χ2v) is 6.43. The lowest BCUT2D eigenvalue weighted by molar-refractivity contribution is -0.143. The highest BCUT2D eigenvalue weighted by Gasteiger charge is 2.34. The Balaban J connectivity index is 0.00000261. The minimum atomic E-state index is -4.15. The summed E-state index contributed by atoms with van der Waals surface area (Å²) in [7, 11) is 1.66. The highest BCUT2D eigenvalue weighted by molar-refractivity contribution is 14.0. The normalized spacial score (nSPS) is 18.5. The first-order valence-corrected chi connectivity index (χ1v) is 8.62. The summed E-state index contributed by atoms with van der Waals surface area (Å²) in [5, 5.41) is 6.40. The maximum absolute atomic E-state index is 12.5. The van der Waals surface area contributed by atoms with Crippen molar-refractivity contribution in [3.05, 3.63) is 36.3 Å². The monoisotopic (exact) mass is 496 g/mol. The molecule has 0 saturated carbocycles. The van der Waals surface area contributed by atoms with E-state index in [2.05, 4.69) is 20.6 Å². The van der Waals surface area contributed by atoms with Crippen molar-refractivity contribution < 1.29 is 13.2 Å². The van der Waals surface area contributed by atoms with E-state index in [-0.39, 0.29) is 30.0 Å². The maximum atomic E-state index is 12.5. The number of nitrogens with one attached hydrogen (secondary N) is 2. The van der Waals surface area contributed by atoms with Crippen molar-refractivity contribution in [3.63, 3.8) is 0 Å². The first-order valence-electron chi connectivity index (χ1n) is 8.62. The Hall–Kier alpha value is -1.56. The summed E-state index contributed by atoms with van der Waals surface area (Å²) in [4.78, 5) is 10.1. The topological polar surface area (TPSA) is 57.0 Å². The minimum Gasteiger partial charge on any atom is -0.356 e. The van der Waals surface area contributed by atoms with Crippen LogP contribution in [0.3, 0.4) is 0 Å². The van der Waals surface area contributed by atoms with Crippen molar-refractivity contribution in [2.24, 2.45) is 4.99 Å². The molecule has 3 rings (SSSR count). The van der Waals surface area contributed by atoms with Gasteiger partial charge in [0.1, 0.15) is 5.65 Å². The molecule has 2 N–H and O–H groups in total. The van der Waals surface area contributed by atoms with Gasteiger partial charge in [-0.3, -0.25) is 9.89 Å². The molecule has 2 aromatic rings. The number of fused-ring (bicyclic) bond motifs is 1. The molecule has 0 spiro atoms. The van der Waals surface area contributed by atoms with Gasteiger partial charge in [0.05, 0.1) is 12.2 Å². The molecule has 150 valence electrons. The molecule has 6 nitrogen and oxygen atoms in total. The van der Waals surface area contributed by atoms with Gasteiger partial charge in [-0.15, -0.1) is 24.0 Å². The molecule has 3 heterocycles. The summed E-state index contributed by atoms with van der Waals surface area (Å²) in [5.41, 5.74) is 1.87. The number of pyridine rings is 1. The van der Waals surface area contributed by atoms with E-state index in [0.29, 0.717) is 32.0 Å². The van der Waals surface area contributed by atoms with Gasteiger partial charge in [0.2, 0.25) is 0 Å². The van der Waals surface area contributed by atoms with Crippen LogP contribution in [0, 0.1) is 0 Å².